The monoisotopic (exact) mass is 430 g/mol. The average Bonchev–Trinajstić information content (AvgIpc) is 3.34. The Kier molecular flexibility index (Phi) is 4.46. The van der Waals surface area contributed by atoms with Gasteiger partial charge in [-0.05, 0) is 49.6 Å². The fourth-order valence-corrected chi connectivity index (χ4v) is 4.38. The number of amides is 1. The average molecular weight is 430 g/mol. The van der Waals surface area contributed by atoms with Crippen molar-refractivity contribution in [2.45, 2.75) is 44.9 Å². The molecule has 1 atom stereocenters. The topological polar surface area (TPSA) is 71.2 Å². The highest BCUT2D eigenvalue weighted by Gasteiger charge is 2.39. The summed E-state index contributed by atoms with van der Waals surface area (Å²) in [7, 11) is 0. The SMILES string of the molecule is Cc1cc(C(F)(F)F)cc(O)c1-c1ccc2cn(C[C@@H]3CC(=O)N(C4CC4)C3)nc2n1. The predicted molar refractivity (Wildman–Crippen MR) is 107 cm³/mol. The molecule has 1 aliphatic carbocycles. The van der Waals surface area contributed by atoms with Gasteiger partial charge in [0.05, 0.1) is 11.3 Å². The van der Waals surface area contributed by atoms with E-state index in [0.29, 0.717) is 30.3 Å². The molecule has 162 valence electrons. The lowest BCUT2D eigenvalue weighted by Crippen LogP contribution is -2.27. The minimum Gasteiger partial charge on any atom is -0.507 e. The molecule has 1 aliphatic heterocycles. The number of rotatable bonds is 4. The van der Waals surface area contributed by atoms with Gasteiger partial charge < -0.3 is 10.0 Å². The third kappa shape index (κ3) is 3.73. The molecule has 0 bridgehead atoms. The zero-order chi connectivity index (χ0) is 21.9. The molecule has 0 unspecified atom stereocenters. The van der Waals surface area contributed by atoms with E-state index in [1.165, 1.54) is 6.92 Å². The number of aromatic nitrogens is 3. The molecule has 6 nitrogen and oxygen atoms in total. The van der Waals surface area contributed by atoms with E-state index < -0.39 is 17.5 Å². The van der Waals surface area contributed by atoms with E-state index in [0.717, 1.165) is 36.9 Å². The maximum atomic E-state index is 13.0. The number of benzene rings is 1. The number of fused-ring (bicyclic) bond motifs is 1. The van der Waals surface area contributed by atoms with Crippen LogP contribution in [0.4, 0.5) is 13.2 Å². The number of halogens is 3. The van der Waals surface area contributed by atoms with Crippen LogP contribution < -0.4 is 0 Å². The fourth-order valence-electron chi connectivity index (χ4n) is 4.38. The molecule has 9 heteroatoms. The normalized spacial score (nSPS) is 19.5. The smallest absolute Gasteiger partial charge is 0.416 e. The molecule has 1 N–H and O–H groups in total. The van der Waals surface area contributed by atoms with Crippen molar-refractivity contribution >= 4 is 16.9 Å². The van der Waals surface area contributed by atoms with Gasteiger partial charge in [0.15, 0.2) is 5.65 Å². The number of pyridine rings is 1. The molecule has 3 heterocycles. The van der Waals surface area contributed by atoms with E-state index >= 15 is 0 Å². The molecule has 2 aromatic heterocycles. The summed E-state index contributed by atoms with van der Waals surface area (Å²) in [4.78, 5) is 18.6. The molecule has 2 fully saturated rings. The molecule has 0 spiro atoms. The van der Waals surface area contributed by atoms with Gasteiger partial charge >= 0.3 is 6.18 Å². The number of aromatic hydroxyl groups is 1. The maximum absolute atomic E-state index is 13.0. The standard InChI is InChI=1S/C22H21F3N4O2/c1-12-6-15(22(23,24)25)8-18(30)20(12)17-5-2-14-11-28(27-21(14)26-17)9-13-7-19(31)29(10-13)16-3-4-16/h2,5-6,8,11,13,16,30H,3-4,7,9-10H2,1H3/t13-/m0/s1. The van der Waals surface area contributed by atoms with E-state index in [-0.39, 0.29) is 23.0 Å². The van der Waals surface area contributed by atoms with Gasteiger partial charge in [0.25, 0.3) is 0 Å². The van der Waals surface area contributed by atoms with Gasteiger partial charge in [0, 0.05) is 48.6 Å². The Morgan fingerprint density at radius 1 is 1.23 bits per heavy atom. The summed E-state index contributed by atoms with van der Waals surface area (Å²) < 4.78 is 40.8. The number of hydrogen-bond donors (Lipinski definition) is 1. The maximum Gasteiger partial charge on any atom is 0.416 e. The van der Waals surface area contributed by atoms with E-state index in [1.54, 1.807) is 16.8 Å². The minimum atomic E-state index is -4.53. The summed E-state index contributed by atoms with van der Waals surface area (Å²) in [6.45, 7) is 2.86. The molecule has 0 radical (unpaired) electrons. The Balaban J connectivity index is 1.41. The number of alkyl halides is 3. The van der Waals surface area contributed by atoms with E-state index in [9.17, 15) is 23.1 Å². The second-order valence-electron chi connectivity index (χ2n) is 8.49. The number of phenolic OH excluding ortho intramolecular Hbond substituents is 1. The lowest BCUT2D eigenvalue weighted by Gasteiger charge is -2.15. The predicted octanol–water partition coefficient (Wildman–Crippen LogP) is 4.14. The van der Waals surface area contributed by atoms with Crippen molar-refractivity contribution in [1.82, 2.24) is 19.7 Å². The van der Waals surface area contributed by atoms with Crippen LogP contribution in [0.1, 0.15) is 30.4 Å². The molecule has 1 saturated carbocycles. The van der Waals surface area contributed by atoms with Crippen molar-refractivity contribution in [2.24, 2.45) is 5.92 Å². The Labute approximate surface area is 176 Å². The molecular formula is C22H21F3N4O2. The van der Waals surface area contributed by atoms with Gasteiger partial charge in [-0.2, -0.15) is 18.3 Å². The first kappa shape index (κ1) is 19.8. The summed E-state index contributed by atoms with van der Waals surface area (Å²) in [6, 6.07) is 5.58. The van der Waals surface area contributed by atoms with Gasteiger partial charge in [-0.15, -0.1) is 0 Å². The van der Waals surface area contributed by atoms with Crippen molar-refractivity contribution in [2.75, 3.05) is 6.54 Å². The summed E-state index contributed by atoms with van der Waals surface area (Å²) in [5.74, 6) is -0.0656. The first-order valence-corrected chi connectivity index (χ1v) is 10.2. The summed E-state index contributed by atoms with van der Waals surface area (Å²) in [5, 5.41) is 15.5. The number of likely N-dealkylation sites (tertiary alicyclic amines) is 1. The minimum absolute atomic E-state index is 0.197. The van der Waals surface area contributed by atoms with Crippen molar-refractivity contribution in [3.8, 4) is 17.0 Å². The number of hydrogen-bond acceptors (Lipinski definition) is 4. The second-order valence-corrected chi connectivity index (χ2v) is 8.49. The number of carbonyl (C=O) groups excluding carboxylic acids is 1. The van der Waals surface area contributed by atoms with Crippen LogP contribution in [0.15, 0.2) is 30.5 Å². The summed E-state index contributed by atoms with van der Waals surface area (Å²) >= 11 is 0. The first-order chi connectivity index (χ1) is 14.7. The number of carbonyl (C=O) groups is 1. The zero-order valence-electron chi connectivity index (χ0n) is 16.9. The van der Waals surface area contributed by atoms with Crippen LogP contribution in [0.5, 0.6) is 5.75 Å². The fraction of sp³-hybridized carbons (Fsp3) is 0.409. The van der Waals surface area contributed by atoms with Crippen LogP contribution in [0.3, 0.4) is 0 Å². The number of nitrogens with zero attached hydrogens (tertiary/aromatic N) is 4. The van der Waals surface area contributed by atoms with E-state index in [1.807, 2.05) is 11.1 Å². The molecule has 31 heavy (non-hydrogen) atoms. The van der Waals surface area contributed by atoms with Gasteiger partial charge in [-0.3, -0.25) is 9.48 Å². The highest BCUT2D eigenvalue weighted by atomic mass is 19.4. The molecule has 2 aliphatic rings. The molecule has 1 saturated heterocycles. The van der Waals surface area contributed by atoms with Crippen molar-refractivity contribution in [3.63, 3.8) is 0 Å². The van der Waals surface area contributed by atoms with Crippen LogP contribution in [0.25, 0.3) is 22.3 Å². The van der Waals surface area contributed by atoms with Crippen LogP contribution in [-0.4, -0.2) is 43.3 Å². The number of phenols is 1. The van der Waals surface area contributed by atoms with E-state index in [4.69, 9.17) is 0 Å². The van der Waals surface area contributed by atoms with Crippen molar-refractivity contribution in [3.05, 3.63) is 41.6 Å². The summed E-state index contributed by atoms with van der Waals surface area (Å²) in [6.07, 6.45) is 0.0214. The highest BCUT2D eigenvalue weighted by molar-refractivity contribution is 5.81. The van der Waals surface area contributed by atoms with Crippen LogP contribution in [0, 0.1) is 12.8 Å². The van der Waals surface area contributed by atoms with Crippen molar-refractivity contribution in [1.29, 1.82) is 0 Å². The Bertz CT molecular complexity index is 1160. The molecule has 1 amide bonds. The second kappa shape index (κ2) is 6.96. The molecule has 3 aromatic rings. The third-order valence-electron chi connectivity index (χ3n) is 5.99. The first-order valence-electron chi connectivity index (χ1n) is 10.2. The Morgan fingerprint density at radius 3 is 2.68 bits per heavy atom. The van der Waals surface area contributed by atoms with Crippen molar-refractivity contribution < 1.29 is 23.1 Å². The highest BCUT2D eigenvalue weighted by Crippen LogP contribution is 2.39. The van der Waals surface area contributed by atoms with Gasteiger partial charge in [-0.1, -0.05) is 0 Å². The lowest BCUT2D eigenvalue weighted by molar-refractivity contribution is -0.137. The van der Waals surface area contributed by atoms with Gasteiger partial charge in [-0.25, -0.2) is 4.98 Å². The summed E-state index contributed by atoms with van der Waals surface area (Å²) in [5.41, 5.74) is 0.439. The quantitative estimate of drug-likeness (QED) is 0.675. The van der Waals surface area contributed by atoms with Crippen LogP contribution >= 0.6 is 0 Å². The van der Waals surface area contributed by atoms with E-state index in [2.05, 4.69) is 10.1 Å². The Morgan fingerprint density at radius 2 is 2.00 bits per heavy atom. The largest absolute Gasteiger partial charge is 0.507 e. The zero-order valence-corrected chi connectivity index (χ0v) is 16.9. The third-order valence-corrected chi connectivity index (χ3v) is 5.99. The van der Waals surface area contributed by atoms with Crippen LogP contribution in [0.2, 0.25) is 0 Å². The molecule has 5 rings (SSSR count). The van der Waals surface area contributed by atoms with Gasteiger partial charge in [0.1, 0.15) is 5.75 Å². The molecule has 1 aromatic carbocycles. The van der Waals surface area contributed by atoms with Crippen LogP contribution in [-0.2, 0) is 17.5 Å². The number of aryl methyl sites for hydroxylation is 1. The van der Waals surface area contributed by atoms with Gasteiger partial charge in [0.2, 0.25) is 5.91 Å². The Hall–Kier alpha value is -3.10. The molecular weight excluding hydrogens is 409 g/mol. The lowest BCUT2D eigenvalue weighted by atomic mass is 10.00.